The molecule has 0 aromatic rings. The Hall–Kier alpha value is -0.170. The van der Waals surface area contributed by atoms with Crippen LogP contribution in [0.25, 0.3) is 0 Å². The molecule has 1 aliphatic rings. The predicted molar refractivity (Wildman–Crippen MR) is 73.1 cm³/mol. The molecule has 0 amide bonds. The van der Waals surface area contributed by atoms with E-state index in [-0.39, 0.29) is 6.10 Å². The van der Waals surface area contributed by atoms with Gasteiger partial charge in [-0.1, -0.05) is 13.8 Å². The molecule has 0 bridgehead atoms. The lowest BCUT2D eigenvalue weighted by molar-refractivity contribution is 0.0200. The van der Waals surface area contributed by atoms with Crippen molar-refractivity contribution in [2.24, 2.45) is 0 Å². The van der Waals surface area contributed by atoms with Gasteiger partial charge < -0.3 is 10.1 Å². The van der Waals surface area contributed by atoms with Crippen molar-refractivity contribution in [3.63, 3.8) is 0 Å². The van der Waals surface area contributed by atoms with Gasteiger partial charge in [-0.25, -0.2) is 13.1 Å². The van der Waals surface area contributed by atoms with E-state index < -0.39 is 15.3 Å². The highest BCUT2D eigenvalue weighted by Crippen LogP contribution is 2.12. The summed E-state index contributed by atoms with van der Waals surface area (Å²) in [7, 11) is -3.25. The molecule has 18 heavy (non-hydrogen) atoms. The SMILES string of the molecule is CC(C)NCC(C)S(=O)(=O)NCC1CCCCO1. The number of ether oxygens (including phenoxy) is 1. The summed E-state index contributed by atoms with van der Waals surface area (Å²) in [6, 6.07) is 0.296. The van der Waals surface area contributed by atoms with Crippen LogP contribution in [0.2, 0.25) is 0 Å². The van der Waals surface area contributed by atoms with E-state index in [1.54, 1.807) is 6.92 Å². The predicted octanol–water partition coefficient (Wildman–Crippen LogP) is 0.861. The molecule has 0 saturated carbocycles. The molecule has 108 valence electrons. The van der Waals surface area contributed by atoms with E-state index in [2.05, 4.69) is 10.0 Å². The Morgan fingerprint density at radius 2 is 2.00 bits per heavy atom. The number of rotatable bonds is 7. The molecule has 0 aromatic heterocycles. The van der Waals surface area contributed by atoms with E-state index in [1.165, 1.54) is 0 Å². The lowest BCUT2D eigenvalue weighted by Crippen LogP contribution is -2.43. The Bertz CT molecular complexity index is 324. The van der Waals surface area contributed by atoms with Crippen molar-refractivity contribution < 1.29 is 13.2 Å². The molecule has 2 atom stereocenters. The van der Waals surface area contributed by atoms with Crippen molar-refractivity contribution in [2.45, 2.75) is 57.4 Å². The Kier molecular flexibility index (Phi) is 6.55. The van der Waals surface area contributed by atoms with Gasteiger partial charge in [0.15, 0.2) is 0 Å². The lowest BCUT2D eigenvalue weighted by atomic mass is 10.1. The topological polar surface area (TPSA) is 67.4 Å². The molecule has 0 aliphatic carbocycles. The number of nitrogens with one attached hydrogen (secondary N) is 2. The molecule has 0 radical (unpaired) electrons. The highest BCUT2D eigenvalue weighted by atomic mass is 32.2. The first kappa shape index (κ1) is 15.9. The van der Waals surface area contributed by atoms with Gasteiger partial charge in [-0.2, -0.15) is 0 Å². The first-order valence-corrected chi connectivity index (χ1v) is 8.30. The van der Waals surface area contributed by atoms with Crippen molar-refractivity contribution in [2.75, 3.05) is 19.7 Å². The van der Waals surface area contributed by atoms with E-state index >= 15 is 0 Å². The van der Waals surface area contributed by atoms with Crippen LogP contribution in [-0.4, -0.2) is 45.5 Å². The summed E-state index contributed by atoms with van der Waals surface area (Å²) in [6.07, 6.45) is 3.19. The molecule has 1 rings (SSSR count). The Labute approximate surface area is 111 Å². The average Bonchev–Trinajstić information content (AvgIpc) is 2.34. The van der Waals surface area contributed by atoms with Gasteiger partial charge in [-0.3, -0.25) is 0 Å². The fourth-order valence-electron chi connectivity index (χ4n) is 1.83. The molecule has 1 fully saturated rings. The van der Waals surface area contributed by atoms with E-state index in [0.29, 0.717) is 19.1 Å². The molecular formula is C12H26N2O3S. The second-order valence-corrected chi connectivity index (χ2v) is 7.44. The van der Waals surface area contributed by atoms with Crippen LogP contribution in [0.1, 0.15) is 40.0 Å². The van der Waals surface area contributed by atoms with Crippen molar-refractivity contribution in [1.29, 1.82) is 0 Å². The van der Waals surface area contributed by atoms with E-state index in [9.17, 15) is 8.42 Å². The van der Waals surface area contributed by atoms with Crippen LogP contribution in [0.3, 0.4) is 0 Å². The lowest BCUT2D eigenvalue weighted by Gasteiger charge is -2.24. The first-order chi connectivity index (χ1) is 8.42. The van der Waals surface area contributed by atoms with Gasteiger partial charge >= 0.3 is 0 Å². The van der Waals surface area contributed by atoms with Crippen LogP contribution in [0, 0.1) is 0 Å². The summed E-state index contributed by atoms with van der Waals surface area (Å²) in [6.45, 7) is 7.34. The van der Waals surface area contributed by atoms with Crippen LogP contribution in [-0.2, 0) is 14.8 Å². The maximum absolute atomic E-state index is 12.0. The Morgan fingerprint density at radius 1 is 1.28 bits per heavy atom. The van der Waals surface area contributed by atoms with Crippen molar-refractivity contribution >= 4 is 10.0 Å². The Balaban J connectivity index is 2.33. The minimum absolute atomic E-state index is 0.0405. The van der Waals surface area contributed by atoms with E-state index in [1.807, 2.05) is 13.8 Å². The summed E-state index contributed by atoms with van der Waals surface area (Å²) in [5.41, 5.74) is 0. The Morgan fingerprint density at radius 3 is 2.56 bits per heavy atom. The van der Waals surface area contributed by atoms with Gasteiger partial charge in [0, 0.05) is 25.7 Å². The van der Waals surface area contributed by atoms with E-state index in [4.69, 9.17) is 4.74 Å². The largest absolute Gasteiger partial charge is 0.377 e. The molecule has 1 saturated heterocycles. The fourth-order valence-corrected chi connectivity index (χ4v) is 2.85. The van der Waals surface area contributed by atoms with Gasteiger partial charge in [0.25, 0.3) is 0 Å². The summed E-state index contributed by atoms with van der Waals surface area (Å²) < 4.78 is 32.1. The minimum Gasteiger partial charge on any atom is -0.377 e. The van der Waals surface area contributed by atoms with Crippen LogP contribution in [0.5, 0.6) is 0 Å². The highest BCUT2D eigenvalue weighted by Gasteiger charge is 2.22. The van der Waals surface area contributed by atoms with Gasteiger partial charge in [-0.15, -0.1) is 0 Å². The molecule has 2 N–H and O–H groups in total. The molecule has 2 unspecified atom stereocenters. The van der Waals surface area contributed by atoms with Gasteiger partial charge in [0.1, 0.15) is 0 Å². The summed E-state index contributed by atoms with van der Waals surface area (Å²) in [5, 5.41) is 2.71. The summed E-state index contributed by atoms with van der Waals surface area (Å²) >= 11 is 0. The van der Waals surface area contributed by atoms with E-state index in [0.717, 1.165) is 25.9 Å². The fraction of sp³-hybridized carbons (Fsp3) is 1.00. The molecular weight excluding hydrogens is 252 g/mol. The second kappa shape index (κ2) is 7.43. The summed E-state index contributed by atoms with van der Waals surface area (Å²) in [5.74, 6) is 0. The van der Waals surface area contributed by atoms with Gasteiger partial charge in [0.2, 0.25) is 10.0 Å². The van der Waals surface area contributed by atoms with Crippen LogP contribution in [0.15, 0.2) is 0 Å². The zero-order valence-corrected chi connectivity index (χ0v) is 12.4. The highest BCUT2D eigenvalue weighted by molar-refractivity contribution is 7.90. The van der Waals surface area contributed by atoms with Crippen molar-refractivity contribution in [1.82, 2.24) is 10.0 Å². The number of sulfonamides is 1. The third-order valence-corrected chi connectivity index (χ3v) is 4.92. The maximum atomic E-state index is 12.0. The maximum Gasteiger partial charge on any atom is 0.215 e. The van der Waals surface area contributed by atoms with Crippen molar-refractivity contribution in [3.05, 3.63) is 0 Å². The summed E-state index contributed by atoms with van der Waals surface area (Å²) in [4.78, 5) is 0. The third kappa shape index (κ3) is 5.65. The zero-order valence-electron chi connectivity index (χ0n) is 11.6. The third-order valence-electron chi connectivity index (χ3n) is 3.13. The molecule has 0 spiro atoms. The quantitative estimate of drug-likeness (QED) is 0.725. The number of hydrogen-bond donors (Lipinski definition) is 2. The molecule has 1 heterocycles. The normalized spacial score (nSPS) is 23.2. The second-order valence-electron chi connectivity index (χ2n) is 5.26. The number of hydrogen-bond acceptors (Lipinski definition) is 4. The molecule has 5 nitrogen and oxygen atoms in total. The minimum atomic E-state index is -3.25. The smallest absolute Gasteiger partial charge is 0.215 e. The molecule has 6 heteroatoms. The van der Waals surface area contributed by atoms with Gasteiger partial charge in [-0.05, 0) is 26.2 Å². The molecule has 1 aliphatic heterocycles. The molecule has 0 aromatic carbocycles. The first-order valence-electron chi connectivity index (χ1n) is 6.75. The van der Waals surface area contributed by atoms with Crippen molar-refractivity contribution in [3.8, 4) is 0 Å². The van der Waals surface area contributed by atoms with Crippen LogP contribution >= 0.6 is 0 Å². The zero-order chi connectivity index (χ0) is 13.6. The standard InChI is InChI=1S/C12H26N2O3S/c1-10(2)13-8-11(3)18(15,16)14-9-12-6-4-5-7-17-12/h10-14H,4-9H2,1-3H3. The van der Waals surface area contributed by atoms with Gasteiger partial charge in [0.05, 0.1) is 11.4 Å². The average molecular weight is 278 g/mol. The monoisotopic (exact) mass is 278 g/mol. The van der Waals surface area contributed by atoms with Crippen LogP contribution in [0.4, 0.5) is 0 Å². The van der Waals surface area contributed by atoms with Crippen LogP contribution < -0.4 is 10.0 Å².